The second-order valence-electron chi connectivity index (χ2n) is 6.44. The van der Waals surface area contributed by atoms with Crippen LogP contribution in [0.5, 0.6) is 0 Å². The first kappa shape index (κ1) is 18.7. The van der Waals surface area contributed by atoms with Crippen LogP contribution >= 0.6 is 12.4 Å². The van der Waals surface area contributed by atoms with Gasteiger partial charge >= 0.3 is 0 Å². The minimum absolute atomic E-state index is 0. The molecular formula is C17H27ClN2O2S. The van der Waals surface area contributed by atoms with Gasteiger partial charge in [0.25, 0.3) is 0 Å². The topological polar surface area (TPSA) is 49.4 Å². The van der Waals surface area contributed by atoms with Crippen molar-refractivity contribution in [3.63, 3.8) is 0 Å². The fourth-order valence-corrected chi connectivity index (χ4v) is 5.08. The molecular weight excluding hydrogens is 332 g/mol. The van der Waals surface area contributed by atoms with E-state index in [1.54, 1.807) is 10.4 Å². The van der Waals surface area contributed by atoms with Gasteiger partial charge < -0.3 is 5.32 Å². The summed E-state index contributed by atoms with van der Waals surface area (Å²) in [4.78, 5) is 0.485. The Morgan fingerprint density at radius 2 is 1.87 bits per heavy atom. The lowest BCUT2D eigenvalue weighted by Crippen LogP contribution is -2.40. The monoisotopic (exact) mass is 358 g/mol. The van der Waals surface area contributed by atoms with Gasteiger partial charge in [-0.15, -0.1) is 12.4 Å². The largest absolute Gasteiger partial charge is 0.317 e. The maximum absolute atomic E-state index is 12.8. The third kappa shape index (κ3) is 4.08. The van der Waals surface area contributed by atoms with Crippen molar-refractivity contribution in [2.24, 2.45) is 5.92 Å². The molecule has 0 atom stereocenters. The molecule has 1 N–H and O–H groups in total. The van der Waals surface area contributed by atoms with Crippen molar-refractivity contribution < 1.29 is 8.42 Å². The zero-order valence-electron chi connectivity index (χ0n) is 13.8. The minimum Gasteiger partial charge on any atom is -0.317 e. The highest BCUT2D eigenvalue weighted by molar-refractivity contribution is 7.89. The normalized spacial score (nSPS) is 19.3. The van der Waals surface area contributed by atoms with Gasteiger partial charge in [0.1, 0.15) is 0 Å². The summed E-state index contributed by atoms with van der Waals surface area (Å²) in [7, 11) is -3.31. The summed E-state index contributed by atoms with van der Waals surface area (Å²) in [6, 6.07) is 5.71. The Hall–Kier alpha value is -0.620. The lowest BCUT2D eigenvalue weighted by atomic mass is 9.98. The number of piperidine rings is 1. The van der Waals surface area contributed by atoms with Crippen molar-refractivity contribution in [2.75, 3.05) is 26.2 Å². The van der Waals surface area contributed by atoms with E-state index in [0.717, 1.165) is 45.2 Å². The predicted octanol–water partition coefficient (Wildman–Crippen LogP) is 2.61. The van der Waals surface area contributed by atoms with E-state index < -0.39 is 10.0 Å². The molecule has 6 heteroatoms. The molecule has 0 saturated carbocycles. The van der Waals surface area contributed by atoms with Crippen LogP contribution in [0.25, 0.3) is 0 Å². The SMILES string of the molecule is CCNCC1CCN(S(=O)(=O)c2ccc3c(c2)CCC3)CC1.Cl. The van der Waals surface area contributed by atoms with Gasteiger partial charge in [-0.05, 0) is 74.4 Å². The Morgan fingerprint density at radius 1 is 1.17 bits per heavy atom. The third-order valence-electron chi connectivity index (χ3n) is 4.96. The van der Waals surface area contributed by atoms with Gasteiger partial charge in [-0.3, -0.25) is 0 Å². The number of halogens is 1. The average Bonchev–Trinajstić information content (AvgIpc) is 3.01. The second-order valence-corrected chi connectivity index (χ2v) is 8.38. The molecule has 23 heavy (non-hydrogen) atoms. The molecule has 1 heterocycles. The summed E-state index contributed by atoms with van der Waals surface area (Å²) in [5, 5.41) is 3.36. The molecule has 1 aromatic rings. The Balaban J connectivity index is 0.00000192. The molecule has 1 saturated heterocycles. The Bertz CT molecular complexity index is 625. The van der Waals surface area contributed by atoms with Crippen LogP contribution in [-0.4, -0.2) is 38.9 Å². The van der Waals surface area contributed by atoms with E-state index >= 15 is 0 Å². The van der Waals surface area contributed by atoms with Gasteiger partial charge in [0.15, 0.2) is 0 Å². The summed E-state index contributed by atoms with van der Waals surface area (Å²) < 4.78 is 27.3. The number of hydrogen-bond acceptors (Lipinski definition) is 3. The van der Waals surface area contributed by atoms with Gasteiger partial charge in [-0.1, -0.05) is 13.0 Å². The molecule has 2 aliphatic rings. The predicted molar refractivity (Wildman–Crippen MR) is 95.7 cm³/mol. The number of fused-ring (bicyclic) bond motifs is 1. The zero-order valence-corrected chi connectivity index (χ0v) is 15.4. The fourth-order valence-electron chi connectivity index (χ4n) is 3.56. The van der Waals surface area contributed by atoms with Crippen molar-refractivity contribution in [1.29, 1.82) is 0 Å². The van der Waals surface area contributed by atoms with Gasteiger partial charge in [0, 0.05) is 13.1 Å². The van der Waals surface area contributed by atoms with Crippen LogP contribution in [0.15, 0.2) is 23.1 Å². The van der Waals surface area contributed by atoms with Gasteiger partial charge in [-0.2, -0.15) is 4.31 Å². The Kier molecular flexibility index (Phi) is 6.48. The quantitative estimate of drug-likeness (QED) is 0.880. The van der Waals surface area contributed by atoms with E-state index in [4.69, 9.17) is 0 Å². The first-order chi connectivity index (χ1) is 10.6. The van der Waals surface area contributed by atoms with Crippen molar-refractivity contribution in [1.82, 2.24) is 9.62 Å². The van der Waals surface area contributed by atoms with Crippen LogP contribution in [0.3, 0.4) is 0 Å². The van der Waals surface area contributed by atoms with E-state index in [9.17, 15) is 8.42 Å². The van der Waals surface area contributed by atoms with E-state index in [1.807, 2.05) is 12.1 Å². The minimum atomic E-state index is -3.31. The molecule has 0 spiro atoms. The summed E-state index contributed by atoms with van der Waals surface area (Å²) in [6.45, 7) is 5.38. The first-order valence-electron chi connectivity index (χ1n) is 8.44. The summed E-state index contributed by atoms with van der Waals surface area (Å²) >= 11 is 0. The molecule has 0 radical (unpaired) electrons. The lowest BCUT2D eigenvalue weighted by molar-refractivity contribution is 0.268. The Morgan fingerprint density at radius 3 is 2.57 bits per heavy atom. The van der Waals surface area contributed by atoms with E-state index in [-0.39, 0.29) is 12.4 Å². The summed E-state index contributed by atoms with van der Waals surface area (Å²) in [5.41, 5.74) is 2.55. The van der Waals surface area contributed by atoms with Crippen LogP contribution in [0.4, 0.5) is 0 Å². The number of nitrogens with zero attached hydrogens (tertiary/aromatic N) is 1. The maximum atomic E-state index is 12.8. The molecule has 4 nitrogen and oxygen atoms in total. The van der Waals surface area contributed by atoms with E-state index in [1.165, 1.54) is 11.1 Å². The summed E-state index contributed by atoms with van der Waals surface area (Å²) in [6.07, 6.45) is 5.16. The lowest BCUT2D eigenvalue weighted by Gasteiger charge is -2.31. The first-order valence-corrected chi connectivity index (χ1v) is 9.88. The standard InChI is InChI=1S/C17H26N2O2S.ClH/c1-2-18-13-14-8-10-19(11-9-14)22(20,21)17-7-6-15-4-3-5-16(15)12-17;/h6-7,12,14,18H,2-5,8-11,13H2,1H3;1H. The molecule has 130 valence electrons. The molecule has 3 rings (SSSR count). The highest BCUT2D eigenvalue weighted by Gasteiger charge is 2.29. The van der Waals surface area contributed by atoms with Crippen LogP contribution in [0.1, 0.15) is 37.3 Å². The molecule has 0 bridgehead atoms. The van der Waals surface area contributed by atoms with Crippen molar-refractivity contribution in [3.05, 3.63) is 29.3 Å². The van der Waals surface area contributed by atoms with Gasteiger partial charge in [-0.25, -0.2) is 8.42 Å². The number of aryl methyl sites for hydroxylation is 2. The van der Waals surface area contributed by atoms with Crippen molar-refractivity contribution in [3.8, 4) is 0 Å². The van der Waals surface area contributed by atoms with Crippen molar-refractivity contribution in [2.45, 2.75) is 43.9 Å². The van der Waals surface area contributed by atoms with E-state index in [0.29, 0.717) is 23.9 Å². The highest BCUT2D eigenvalue weighted by atomic mass is 35.5. The van der Waals surface area contributed by atoms with Crippen LogP contribution in [-0.2, 0) is 22.9 Å². The smallest absolute Gasteiger partial charge is 0.243 e. The molecule has 0 unspecified atom stereocenters. The van der Waals surface area contributed by atoms with Crippen LogP contribution in [0, 0.1) is 5.92 Å². The average molecular weight is 359 g/mol. The van der Waals surface area contributed by atoms with Crippen LogP contribution in [0.2, 0.25) is 0 Å². The number of sulfonamides is 1. The maximum Gasteiger partial charge on any atom is 0.243 e. The van der Waals surface area contributed by atoms with E-state index in [2.05, 4.69) is 12.2 Å². The van der Waals surface area contributed by atoms with Gasteiger partial charge in [0.05, 0.1) is 4.90 Å². The molecule has 1 aliphatic carbocycles. The third-order valence-corrected chi connectivity index (χ3v) is 6.86. The Labute approximate surface area is 146 Å². The second kappa shape index (κ2) is 7.97. The fraction of sp³-hybridized carbons (Fsp3) is 0.647. The number of benzene rings is 1. The zero-order chi connectivity index (χ0) is 15.6. The van der Waals surface area contributed by atoms with Gasteiger partial charge in [0.2, 0.25) is 10.0 Å². The molecule has 1 aromatic carbocycles. The molecule has 1 fully saturated rings. The number of rotatable bonds is 5. The van der Waals surface area contributed by atoms with Crippen molar-refractivity contribution >= 4 is 22.4 Å². The molecule has 0 aromatic heterocycles. The summed E-state index contributed by atoms with van der Waals surface area (Å²) in [5.74, 6) is 0.603. The molecule has 0 amide bonds. The highest BCUT2D eigenvalue weighted by Crippen LogP contribution is 2.28. The number of hydrogen-bond donors (Lipinski definition) is 1. The van der Waals surface area contributed by atoms with Crippen LogP contribution < -0.4 is 5.32 Å². The number of nitrogens with one attached hydrogen (secondary N) is 1. The molecule has 1 aliphatic heterocycles.